The van der Waals surface area contributed by atoms with Gasteiger partial charge in [-0.25, -0.2) is 4.39 Å². The zero-order valence-corrected chi connectivity index (χ0v) is 13.4. The summed E-state index contributed by atoms with van der Waals surface area (Å²) < 4.78 is 19.8. The molecule has 1 aliphatic rings. The van der Waals surface area contributed by atoms with Crippen LogP contribution in [0.1, 0.15) is 28.5 Å². The fourth-order valence-corrected chi connectivity index (χ4v) is 2.97. The van der Waals surface area contributed by atoms with Crippen LogP contribution in [0.3, 0.4) is 0 Å². The van der Waals surface area contributed by atoms with Crippen molar-refractivity contribution < 1.29 is 19.0 Å². The third kappa shape index (κ3) is 3.47. The van der Waals surface area contributed by atoms with Crippen molar-refractivity contribution in [3.05, 3.63) is 53.6 Å². The molecular weight excluding hydrogens is 313 g/mol. The molecule has 0 unspecified atom stereocenters. The molecule has 0 aliphatic carbocycles. The smallest absolute Gasteiger partial charge is 0.274 e. The fraction of sp³-hybridized carbons (Fsp3) is 0.412. The normalized spacial score (nSPS) is 20.5. The lowest BCUT2D eigenvalue weighted by Gasteiger charge is -2.24. The van der Waals surface area contributed by atoms with E-state index in [4.69, 9.17) is 4.74 Å². The van der Waals surface area contributed by atoms with Gasteiger partial charge in [-0.3, -0.25) is 9.48 Å². The van der Waals surface area contributed by atoms with E-state index in [1.807, 2.05) is 0 Å². The number of amides is 1. The molecule has 0 spiro atoms. The van der Waals surface area contributed by atoms with Gasteiger partial charge >= 0.3 is 0 Å². The molecule has 3 rings (SSSR count). The number of hydrogen-bond donors (Lipinski definition) is 1. The van der Waals surface area contributed by atoms with E-state index in [2.05, 4.69) is 5.10 Å². The number of carbonyl (C=O) groups is 1. The summed E-state index contributed by atoms with van der Waals surface area (Å²) >= 11 is 0. The number of β-amino-alcohol motifs (C(OH)–C–C–N with tert-alkyl or cyclic N) is 1. The summed E-state index contributed by atoms with van der Waals surface area (Å²) in [4.78, 5) is 14.4. The number of ether oxygens (including phenoxy) is 1. The second-order valence-electron chi connectivity index (χ2n) is 5.87. The summed E-state index contributed by atoms with van der Waals surface area (Å²) in [6.07, 6.45) is 1.56. The van der Waals surface area contributed by atoms with Crippen molar-refractivity contribution >= 4 is 5.91 Å². The molecule has 1 aliphatic heterocycles. The Balaban J connectivity index is 1.79. The number of halogens is 1. The van der Waals surface area contributed by atoms with Crippen molar-refractivity contribution in [2.24, 2.45) is 0 Å². The van der Waals surface area contributed by atoms with E-state index in [-0.39, 0.29) is 24.3 Å². The predicted molar refractivity (Wildman–Crippen MR) is 84.9 cm³/mol. The summed E-state index contributed by atoms with van der Waals surface area (Å²) in [5, 5.41) is 14.3. The number of carbonyl (C=O) groups excluding carboxylic acids is 1. The second kappa shape index (κ2) is 7.11. The monoisotopic (exact) mass is 333 g/mol. The molecule has 1 amide bonds. The number of aliphatic hydroxyl groups excluding tert-OH is 1. The van der Waals surface area contributed by atoms with Gasteiger partial charge in [0.05, 0.1) is 25.3 Å². The summed E-state index contributed by atoms with van der Waals surface area (Å²) in [5.41, 5.74) is 1.13. The number of hydrogen-bond acceptors (Lipinski definition) is 4. The summed E-state index contributed by atoms with van der Waals surface area (Å²) in [5.74, 6) is -0.566. The molecule has 0 saturated carbocycles. The van der Waals surface area contributed by atoms with Gasteiger partial charge in [0.1, 0.15) is 11.5 Å². The Labute approximate surface area is 139 Å². The van der Waals surface area contributed by atoms with E-state index in [1.54, 1.807) is 41.1 Å². The average molecular weight is 333 g/mol. The minimum atomic E-state index is -0.598. The fourth-order valence-electron chi connectivity index (χ4n) is 2.97. The molecule has 1 saturated heterocycles. The lowest BCUT2D eigenvalue weighted by atomic mass is 10.0. The second-order valence-corrected chi connectivity index (χ2v) is 5.87. The Hall–Kier alpha value is -2.25. The van der Waals surface area contributed by atoms with Crippen LogP contribution in [0.15, 0.2) is 36.5 Å². The molecule has 0 bridgehead atoms. The number of benzene rings is 1. The average Bonchev–Trinajstić information content (AvgIpc) is 3.20. The Morgan fingerprint density at radius 1 is 1.38 bits per heavy atom. The molecule has 1 N–H and O–H groups in total. The van der Waals surface area contributed by atoms with E-state index in [1.165, 1.54) is 12.1 Å². The third-order valence-electron chi connectivity index (χ3n) is 4.18. The van der Waals surface area contributed by atoms with E-state index >= 15 is 0 Å². The molecule has 24 heavy (non-hydrogen) atoms. The van der Waals surface area contributed by atoms with Crippen molar-refractivity contribution in [3.63, 3.8) is 0 Å². The Bertz CT molecular complexity index is 701. The summed E-state index contributed by atoms with van der Waals surface area (Å²) in [6.45, 7) is 1.32. The van der Waals surface area contributed by atoms with E-state index in [9.17, 15) is 14.3 Å². The van der Waals surface area contributed by atoms with Crippen LogP contribution >= 0.6 is 0 Å². The molecule has 128 valence electrons. The molecule has 6 nitrogen and oxygen atoms in total. The van der Waals surface area contributed by atoms with Crippen LogP contribution in [0.5, 0.6) is 0 Å². The molecule has 1 fully saturated rings. The van der Waals surface area contributed by atoms with Crippen LogP contribution in [-0.2, 0) is 11.3 Å². The minimum absolute atomic E-state index is 0.239. The quantitative estimate of drug-likeness (QED) is 0.903. The first-order valence-corrected chi connectivity index (χ1v) is 7.85. The molecular formula is C17H20FN3O3. The Morgan fingerprint density at radius 2 is 2.12 bits per heavy atom. The molecule has 7 heteroatoms. The Kier molecular flexibility index (Phi) is 4.92. The molecule has 2 atom stereocenters. The number of methoxy groups -OCH3 is 1. The molecule has 2 aromatic rings. The highest BCUT2D eigenvalue weighted by Crippen LogP contribution is 2.33. The summed E-state index contributed by atoms with van der Waals surface area (Å²) in [7, 11) is 1.61. The van der Waals surface area contributed by atoms with Crippen LogP contribution in [0.25, 0.3) is 0 Å². The molecule has 0 radical (unpaired) electrons. The largest absolute Gasteiger partial charge is 0.391 e. The highest BCUT2D eigenvalue weighted by Gasteiger charge is 2.36. The predicted octanol–water partition coefficient (Wildman–Crippen LogP) is 1.62. The highest BCUT2D eigenvalue weighted by molar-refractivity contribution is 5.92. The maximum Gasteiger partial charge on any atom is 0.274 e. The lowest BCUT2D eigenvalue weighted by Crippen LogP contribution is -2.32. The van der Waals surface area contributed by atoms with Gasteiger partial charge in [0.25, 0.3) is 5.91 Å². The van der Waals surface area contributed by atoms with Gasteiger partial charge in [-0.15, -0.1) is 0 Å². The van der Waals surface area contributed by atoms with E-state index in [0.29, 0.717) is 25.3 Å². The van der Waals surface area contributed by atoms with Gasteiger partial charge < -0.3 is 14.7 Å². The molecule has 1 aromatic heterocycles. The van der Waals surface area contributed by atoms with Crippen LogP contribution in [0.4, 0.5) is 4.39 Å². The van der Waals surface area contributed by atoms with Crippen LogP contribution < -0.4 is 0 Å². The van der Waals surface area contributed by atoms with Gasteiger partial charge in [0, 0.05) is 19.9 Å². The third-order valence-corrected chi connectivity index (χ3v) is 4.18. The van der Waals surface area contributed by atoms with Gasteiger partial charge in [-0.2, -0.15) is 5.10 Å². The van der Waals surface area contributed by atoms with Gasteiger partial charge in [0.2, 0.25) is 0 Å². The van der Waals surface area contributed by atoms with Crippen molar-refractivity contribution in [2.45, 2.75) is 25.1 Å². The first-order chi connectivity index (χ1) is 11.6. The molecule has 2 heterocycles. The number of likely N-dealkylation sites (tertiary alicyclic amines) is 1. The SMILES string of the molecule is COCCn1ccc(C(=O)N2C[C@H](O)C[C@H]2c2ccc(F)cc2)n1. The molecule has 1 aromatic carbocycles. The van der Waals surface area contributed by atoms with Gasteiger partial charge in [0.15, 0.2) is 0 Å². The topological polar surface area (TPSA) is 67.6 Å². The number of aliphatic hydroxyl groups is 1. The van der Waals surface area contributed by atoms with Crippen molar-refractivity contribution in [1.29, 1.82) is 0 Å². The zero-order valence-electron chi connectivity index (χ0n) is 13.4. The summed E-state index contributed by atoms with van der Waals surface area (Å²) in [6, 6.07) is 7.40. The number of nitrogens with zero attached hydrogens (tertiary/aromatic N) is 3. The maximum absolute atomic E-state index is 13.1. The van der Waals surface area contributed by atoms with Crippen LogP contribution in [0, 0.1) is 5.82 Å². The zero-order chi connectivity index (χ0) is 17.1. The van der Waals surface area contributed by atoms with E-state index in [0.717, 1.165) is 5.56 Å². The van der Waals surface area contributed by atoms with E-state index < -0.39 is 6.10 Å². The van der Waals surface area contributed by atoms with Crippen molar-refractivity contribution in [1.82, 2.24) is 14.7 Å². The first kappa shape index (κ1) is 16.6. The lowest BCUT2D eigenvalue weighted by molar-refractivity contribution is 0.0708. The Morgan fingerprint density at radius 3 is 2.83 bits per heavy atom. The number of aromatic nitrogens is 2. The maximum atomic E-state index is 13.1. The van der Waals surface area contributed by atoms with Gasteiger partial charge in [-0.1, -0.05) is 12.1 Å². The van der Waals surface area contributed by atoms with Gasteiger partial charge in [-0.05, 0) is 30.2 Å². The van der Waals surface area contributed by atoms with Crippen LogP contribution in [-0.4, -0.2) is 52.1 Å². The standard InChI is InChI=1S/C17H20FN3O3/c1-24-9-8-20-7-6-15(19-20)17(23)21-11-14(22)10-16(21)12-2-4-13(18)5-3-12/h2-7,14,16,22H,8-11H2,1H3/t14-,16+/m1/s1. The first-order valence-electron chi connectivity index (χ1n) is 7.85. The van der Waals surface area contributed by atoms with Crippen molar-refractivity contribution in [2.75, 3.05) is 20.3 Å². The highest BCUT2D eigenvalue weighted by atomic mass is 19.1. The minimum Gasteiger partial charge on any atom is -0.391 e. The number of rotatable bonds is 5. The van der Waals surface area contributed by atoms with Crippen molar-refractivity contribution in [3.8, 4) is 0 Å². The van der Waals surface area contributed by atoms with Crippen LogP contribution in [0.2, 0.25) is 0 Å².